The van der Waals surface area contributed by atoms with E-state index in [0.29, 0.717) is 23.4 Å². The van der Waals surface area contributed by atoms with Crippen molar-refractivity contribution in [3.8, 4) is 16.3 Å². The molecular formula is C16H13F6NO2S. The summed E-state index contributed by atoms with van der Waals surface area (Å²) in [6.45, 7) is -0.631. The van der Waals surface area contributed by atoms with Crippen molar-refractivity contribution in [3.63, 3.8) is 0 Å². The number of fused-ring (bicyclic) bond motifs is 1. The third kappa shape index (κ3) is 3.69. The molecule has 1 N–H and O–H groups in total. The first-order valence-electron chi connectivity index (χ1n) is 7.38. The van der Waals surface area contributed by atoms with Crippen LogP contribution in [0.1, 0.15) is 34.3 Å². The SMILES string of the molecule is Cc1c(F)c(O)c(F)c(F)c1-c1nc2c(s1)C(=O)C(C)CC2.FC(F)F. The molecule has 0 aliphatic heterocycles. The van der Waals surface area contributed by atoms with Crippen LogP contribution in [-0.4, -0.2) is 22.6 Å². The van der Waals surface area contributed by atoms with Gasteiger partial charge in [0.25, 0.3) is 0 Å². The van der Waals surface area contributed by atoms with Crippen LogP contribution in [-0.2, 0) is 6.42 Å². The summed E-state index contributed by atoms with van der Waals surface area (Å²) in [5, 5.41) is 9.27. The fourth-order valence-corrected chi connectivity index (χ4v) is 3.81. The number of aromatic hydroxyl groups is 1. The molecule has 1 heterocycles. The zero-order chi connectivity index (χ0) is 19.8. The highest BCUT2D eigenvalue weighted by Crippen LogP contribution is 2.40. The van der Waals surface area contributed by atoms with Gasteiger partial charge in [-0.05, 0) is 19.8 Å². The second-order valence-electron chi connectivity index (χ2n) is 5.64. The third-order valence-corrected chi connectivity index (χ3v) is 5.06. The molecule has 1 atom stereocenters. The number of nitrogens with zero attached hydrogens (tertiary/aromatic N) is 1. The van der Waals surface area contributed by atoms with E-state index in [0.717, 1.165) is 11.3 Å². The summed E-state index contributed by atoms with van der Waals surface area (Å²) >= 11 is 0.936. The number of phenolic OH excluding ortho intramolecular Hbond substituents is 1. The molecule has 0 saturated heterocycles. The first-order chi connectivity index (χ1) is 12.1. The lowest BCUT2D eigenvalue weighted by atomic mass is 9.92. The van der Waals surface area contributed by atoms with Crippen LogP contribution in [0.3, 0.4) is 0 Å². The summed E-state index contributed by atoms with van der Waals surface area (Å²) in [6.07, 6.45) is 1.22. The van der Waals surface area contributed by atoms with Gasteiger partial charge in [0.2, 0.25) is 5.82 Å². The number of aryl methyl sites for hydroxylation is 1. The topological polar surface area (TPSA) is 50.2 Å². The molecule has 0 fully saturated rings. The van der Waals surface area contributed by atoms with Gasteiger partial charge in [0.1, 0.15) is 5.01 Å². The van der Waals surface area contributed by atoms with Crippen molar-refractivity contribution in [1.82, 2.24) is 4.98 Å². The minimum atomic E-state index is -3.67. The van der Waals surface area contributed by atoms with Crippen LogP contribution in [0.25, 0.3) is 10.6 Å². The van der Waals surface area contributed by atoms with Gasteiger partial charge in [-0.2, -0.15) is 17.6 Å². The number of alkyl halides is 3. The Balaban J connectivity index is 0.000000552. The largest absolute Gasteiger partial charge is 0.503 e. The molecule has 0 spiro atoms. The summed E-state index contributed by atoms with van der Waals surface area (Å²) in [7, 11) is 0. The smallest absolute Gasteiger partial charge is 0.379 e. The van der Waals surface area contributed by atoms with Crippen molar-refractivity contribution < 1.29 is 36.2 Å². The van der Waals surface area contributed by atoms with E-state index in [-0.39, 0.29) is 27.8 Å². The Morgan fingerprint density at radius 1 is 1.15 bits per heavy atom. The fraction of sp³-hybridized carbons (Fsp3) is 0.375. The first kappa shape index (κ1) is 20.2. The van der Waals surface area contributed by atoms with Gasteiger partial charge in [0.15, 0.2) is 23.2 Å². The molecule has 2 aromatic rings. The summed E-state index contributed by atoms with van der Waals surface area (Å²) in [5.41, 5.74) is -0.0357. The Morgan fingerprint density at radius 3 is 2.31 bits per heavy atom. The van der Waals surface area contributed by atoms with Crippen molar-refractivity contribution in [3.05, 3.63) is 33.6 Å². The van der Waals surface area contributed by atoms with Crippen LogP contribution in [0.2, 0.25) is 0 Å². The van der Waals surface area contributed by atoms with E-state index in [1.54, 1.807) is 6.92 Å². The monoisotopic (exact) mass is 397 g/mol. The van der Waals surface area contributed by atoms with E-state index in [4.69, 9.17) is 0 Å². The van der Waals surface area contributed by atoms with Gasteiger partial charge in [0, 0.05) is 11.5 Å². The first-order valence-corrected chi connectivity index (χ1v) is 8.20. The van der Waals surface area contributed by atoms with Crippen LogP contribution >= 0.6 is 11.3 Å². The van der Waals surface area contributed by atoms with Gasteiger partial charge in [-0.1, -0.05) is 6.92 Å². The van der Waals surface area contributed by atoms with E-state index >= 15 is 0 Å². The summed E-state index contributed by atoms with van der Waals surface area (Å²) in [4.78, 5) is 16.7. The maximum absolute atomic E-state index is 14.1. The summed E-state index contributed by atoms with van der Waals surface area (Å²) in [5.74, 6) is -5.79. The number of hydrogen-bond acceptors (Lipinski definition) is 4. The molecule has 0 radical (unpaired) electrons. The van der Waals surface area contributed by atoms with Gasteiger partial charge < -0.3 is 5.11 Å². The number of carbonyl (C=O) groups excluding carboxylic acids is 1. The molecule has 142 valence electrons. The van der Waals surface area contributed by atoms with Gasteiger partial charge in [-0.15, -0.1) is 11.3 Å². The third-order valence-electron chi connectivity index (χ3n) is 3.93. The second kappa shape index (κ2) is 7.65. The van der Waals surface area contributed by atoms with Crippen molar-refractivity contribution in [1.29, 1.82) is 0 Å². The number of Topliss-reactive ketones (excluding diaryl/α,β-unsaturated/α-hetero) is 1. The van der Waals surface area contributed by atoms with Crippen LogP contribution in [0.5, 0.6) is 5.75 Å². The highest BCUT2D eigenvalue weighted by molar-refractivity contribution is 7.17. The molecule has 3 rings (SSSR count). The van der Waals surface area contributed by atoms with E-state index in [9.17, 15) is 36.2 Å². The number of phenols is 1. The predicted octanol–water partition coefficient (Wildman–Crippen LogP) is 5.18. The van der Waals surface area contributed by atoms with Crippen LogP contribution in [0, 0.1) is 30.3 Å². The lowest BCUT2D eigenvalue weighted by molar-refractivity contribution is 0.00818. The molecule has 10 heteroatoms. The maximum Gasteiger partial charge on any atom is 0.379 e. The van der Waals surface area contributed by atoms with E-state index in [1.807, 2.05) is 0 Å². The molecule has 1 aliphatic rings. The number of halogens is 6. The van der Waals surface area contributed by atoms with Crippen LogP contribution in [0.4, 0.5) is 26.3 Å². The van der Waals surface area contributed by atoms with Crippen LogP contribution < -0.4 is 0 Å². The van der Waals surface area contributed by atoms with Gasteiger partial charge in [-0.3, -0.25) is 4.79 Å². The Hall–Kier alpha value is -2.10. The Morgan fingerprint density at radius 2 is 1.73 bits per heavy atom. The number of ketones is 1. The van der Waals surface area contributed by atoms with E-state index in [2.05, 4.69) is 4.98 Å². The molecule has 1 unspecified atom stereocenters. The normalized spacial score (nSPS) is 16.3. The van der Waals surface area contributed by atoms with Gasteiger partial charge in [-0.25, -0.2) is 13.8 Å². The van der Waals surface area contributed by atoms with E-state index < -0.39 is 29.9 Å². The quantitative estimate of drug-likeness (QED) is 0.533. The fourth-order valence-electron chi connectivity index (χ4n) is 2.55. The number of benzene rings is 1. The number of rotatable bonds is 1. The Kier molecular flexibility index (Phi) is 5.94. The summed E-state index contributed by atoms with van der Waals surface area (Å²) in [6, 6.07) is 0. The van der Waals surface area contributed by atoms with Crippen molar-refractivity contribution in [2.24, 2.45) is 5.92 Å². The number of thiazole rings is 1. The number of hydrogen-bond donors (Lipinski definition) is 1. The number of carbonyl (C=O) groups is 1. The molecule has 3 nitrogen and oxygen atoms in total. The highest BCUT2D eigenvalue weighted by atomic mass is 32.1. The predicted molar refractivity (Wildman–Crippen MR) is 82.8 cm³/mol. The average molecular weight is 397 g/mol. The molecule has 26 heavy (non-hydrogen) atoms. The van der Waals surface area contributed by atoms with Gasteiger partial charge >= 0.3 is 6.68 Å². The minimum absolute atomic E-state index is 0.0558. The number of aromatic nitrogens is 1. The van der Waals surface area contributed by atoms with Crippen molar-refractivity contribution in [2.45, 2.75) is 33.4 Å². The molecule has 1 aromatic carbocycles. The second-order valence-corrected chi connectivity index (χ2v) is 6.64. The minimum Gasteiger partial charge on any atom is -0.503 e. The maximum atomic E-state index is 14.1. The molecule has 1 aliphatic carbocycles. The molecule has 0 amide bonds. The molecular weight excluding hydrogens is 384 g/mol. The lowest BCUT2D eigenvalue weighted by Gasteiger charge is -2.14. The summed E-state index contributed by atoms with van der Waals surface area (Å²) < 4.78 is 70.5. The van der Waals surface area contributed by atoms with Crippen LogP contribution in [0.15, 0.2) is 0 Å². The lowest BCUT2D eigenvalue weighted by Crippen LogP contribution is -2.18. The van der Waals surface area contributed by atoms with E-state index in [1.165, 1.54) is 6.92 Å². The molecule has 0 saturated carbocycles. The standard InChI is InChI=1S/C15H12F3NO2S.CHF3/c1-5-3-4-7-14(12(5)20)22-15(19-7)8-6(2)9(16)13(21)11(18)10(8)17;2-1(3)4/h5,21H,3-4H2,1-2H3;1H. The zero-order valence-corrected chi connectivity index (χ0v) is 14.4. The average Bonchev–Trinajstić information content (AvgIpc) is 2.99. The highest BCUT2D eigenvalue weighted by Gasteiger charge is 2.31. The molecule has 0 bridgehead atoms. The van der Waals surface area contributed by atoms with Gasteiger partial charge in [0.05, 0.1) is 16.1 Å². The molecule has 1 aromatic heterocycles. The van der Waals surface area contributed by atoms with Crippen molar-refractivity contribution in [2.75, 3.05) is 0 Å². The Bertz CT molecular complexity index is 820. The zero-order valence-electron chi connectivity index (χ0n) is 13.5. The Labute approximate surface area is 148 Å². The van der Waals surface area contributed by atoms with Crippen molar-refractivity contribution >= 4 is 17.1 Å².